The highest BCUT2D eigenvalue weighted by molar-refractivity contribution is 14.1. The van der Waals surface area contributed by atoms with Crippen molar-refractivity contribution in [2.24, 2.45) is 0 Å². The number of benzene rings is 2. The summed E-state index contributed by atoms with van der Waals surface area (Å²) in [5, 5.41) is 2.80. The molecule has 116 valence electrons. The Balaban J connectivity index is 2.00. The van der Waals surface area contributed by atoms with Gasteiger partial charge in [-0.1, -0.05) is 12.1 Å². The summed E-state index contributed by atoms with van der Waals surface area (Å²) in [4.78, 5) is 12.2. The van der Waals surface area contributed by atoms with Gasteiger partial charge in [0, 0.05) is 15.7 Å². The number of nitrogens with one attached hydrogen (secondary N) is 2. The normalized spacial score (nSPS) is 11.2. The van der Waals surface area contributed by atoms with Crippen molar-refractivity contribution in [3.05, 3.63) is 63.2 Å². The highest BCUT2D eigenvalue weighted by atomic mass is 127. The molecule has 0 bridgehead atoms. The number of rotatable bonds is 5. The van der Waals surface area contributed by atoms with E-state index in [0.717, 1.165) is 9.13 Å². The smallest absolute Gasteiger partial charge is 0.251 e. The summed E-state index contributed by atoms with van der Waals surface area (Å²) in [7, 11) is -2.07. The van der Waals surface area contributed by atoms with Gasteiger partial charge in [0.05, 0.1) is 4.90 Å². The van der Waals surface area contributed by atoms with Crippen molar-refractivity contribution < 1.29 is 13.2 Å². The minimum absolute atomic E-state index is 0.164. The molecule has 22 heavy (non-hydrogen) atoms. The predicted octanol–water partition coefficient (Wildman–Crippen LogP) is 2.13. The monoisotopic (exact) mass is 430 g/mol. The van der Waals surface area contributed by atoms with Crippen LogP contribution in [0.1, 0.15) is 15.9 Å². The van der Waals surface area contributed by atoms with Crippen molar-refractivity contribution in [2.45, 2.75) is 11.4 Å². The van der Waals surface area contributed by atoms with Gasteiger partial charge in [0.2, 0.25) is 10.0 Å². The summed E-state index contributed by atoms with van der Waals surface area (Å²) in [5.41, 5.74) is 1.42. The third-order valence-corrected chi connectivity index (χ3v) is 5.21. The van der Waals surface area contributed by atoms with Crippen molar-refractivity contribution in [2.75, 3.05) is 7.05 Å². The van der Waals surface area contributed by atoms with Gasteiger partial charge >= 0.3 is 0 Å². The van der Waals surface area contributed by atoms with Crippen LogP contribution in [0.3, 0.4) is 0 Å². The lowest BCUT2D eigenvalue weighted by Crippen LogP contribution is -2.23. The van der Waals surface area contributed by atoms with Crippen molar-refractivity contribution in [1.29, 1.82) is 0 Å². The van der Waals surface area contributed by atoms with Crippen molar-refractivity contribution >= 4 is 38.5 Å². The van der Waals surface area contributed by atoms with E-state index in [1.165, 1.54) is 19.2 Å². The zero-order valence-corrected chi connectivity index (χ0v) is 14.8. The molecule has 2 aromatic carbocycles. The lowest BCUT2D eigenvalue weighted by atomic mass is 10.2. The number of carbonyl (C=O) groups is 1. The van der Waals surface area contributed by atoms with Crippen LogP contribution in [-0.4, -0.2) is 21.4 Å². The van der Waals surface area contributed by atoms with Crippen LogP contribution in [0.5, 0.6) is 0 Å². The molecular weight excluding hydrogens is 415 g/mol. The zero-order chi connectivity index (χ0) is 16.2. The van der Waals surface area contributed by atoms with E-state index < -0.39 is 10.0 Å². The molecule has 2 N–H and O–H groups in total. The largest absolute Gasteiger partial charge is 0.348 e. The third kappa shape index (κ3) is 4.28. The van der Waals surface area contributed by atoms with Crippen LogP contribution in [0.4, 0.5) is 0 Å². The molecule has 0 heterocycles. The molecule has 0 atom stereocenters. The molecule has 1 amide bonds. The Morgan fingerprint density at radius 1 is 1.05 bits per heavy atom. The predicted molar refractivity (Wildman–Crippen MR) is 93.0 cm³/mol. The number of hydrogen-bond acceptors (Lipinski definition) is 3. The fourth-order valence-electron chi connectivity index (χ4n) is 1.79. The summed E-state index contributed by atoms with van der Waals surface area (Å²) in [6.07, 6.45) is 0. The first-order chi connectivity index (χ1) is 10.4. The molecule has 2 aromatic rings. The van der Waals surface area contributed by atoms with Gasteiger partial charge in [-0.3, -0.25) is 4.79 Å². The van der Waals surface area contributed by atoms with E-state index in [0.29, 0.717) is 12.1 Å². The summed E-state index contributed by atoms with van der Waals surface area (Å²) in [6.45, 7) is 0.338. The maximum absolute atomic E-state index is 12.0. The molecule has 5 nitrogen and oxygen atoms in total. The van der Waals surface area contributed by atoms with E-state index >= 15 is 0 Å². The van der Waals surface area contributed by atoms with E-state index in [4.69, 9.17) is 0 Å². The van der Waals surface area contributed by atoms with Gasteiger partial charge < -0.3 is 5.32 Å². The molecule has 0 fully saturated rings. The first kappa shape index (κ1) is 16.9. The first-order valence-electron chi connectivity index (χ1n) is 6.48. The van der Waals surface area contributed by atoms with Crippen LogP contribution in [0.15, 0.2) is 53.4 Å². The minimum Gasteiger partial charge on any atom is -0.348 e. The van der Waals surface area contributed by atoms with Crippen LogP contribution in [-0.2, 0) is 16.6 Å². The maximum atomic E-state index is 12.0. The van der Waals surface area contributed by atoms with Gasteiger partial charge in [-0.15, -0.1) is 0 Å². The fraction of sp³-hybridized carbons (Fsp3) is 0.133. The topological polar surface area (TPSA) is 75.3 Å². The second-order valence-electron chi connectivity index (χ2n) is 4.54. The molecule has 0 aliphatic heterocycles. The molecule has 0 unspecified atom stereocenters. The van der Waals surface area contributed by atoms with Crippen molar-refractivity contribution in [1.82, 2.24) is 10.0 Å². The van der Waals surface area contributed by atoms with Crippen LogP contribution >= 0.6 is 22.6 Å². The van der Waals surface area contributed by atoms with Gasteiger partial charge in [0.25, 0.3) is 5.91 Å². The quantitative estimate of drug-likeness (QED) is 0.714. The Kier molecular flexibility index (Phi) is 5.54. The van der Waals surface area contributed by atoms with Gasteiger partial charge in [-0.25, -0.2) is 13.1 Å². The van der Waals surface area contributed by atoms with Crippen LogP contribution in [0.2, 0.25) is 0 Å². The molecule has 0 aliphatic rings. The molecule has 0 aromatic heterocycles. The van der Waals surface area contributed by atoms with Gasteiger partial charge in [-0.05, 0) is 71.6 Å². The maximum Gasteiger partial charge on any atom is 0.251 e. The number of amides is 1. The lowest BCUT2D eigenvalue weighted by Gasteiger charge is -2.07. The molecule has 0 aliphatic carbocycles. The van der Waals surface area contributed by atoms with Crippen LogP contribution in [0.25, 0.3) is 0 Å². The van der Waals surface area contributed by atoms with Gasteiger partial charge in [-0.2, -0.15) is 0 Å². The van der Waals surface area contributed by atoms with E-state index in [1.807, 2.05) is 12.1 Å². The average Bonchev–Trinajstić information content (AvgIpc) is 2.53. The highest BCUT2D eigenvalue weighted by Gasteiger charge is 2.10. The average molecular weight is 430 g/mol. The Hall–Kier alpha value is -1.45. The van der Waals surface area contributed by atoms with E-state index in [9.17, 15) is 13.2 Å². The number of sulfonamides is 1. The third-order valence-electron chi connectivity index (χ3n) is 3.06. The Morgan fingerprint density at radius 2 is 1.64 bits per heavy atom. The van der Waals surface area contributed by atoms with E-state index in [1.54, 1.807) is 24.3 Å². The van der Waals surface area contributed by atoms with Gasteiger partial charge in [0.1, 0.15) is 0 Å². The lowest BCUT2D eigenvalue weighted by molar-refractivity contribution is 0.0951. The Labute approximate surface area is 143 Å². The summed E-state index contributed by atoms with van der Waals surface area (Å²) in [5.74, 6) is -0.164. The summed E-state index contributed by atoms with van der Waals surface area (Å²) in [6, 6.07) is 13.6. The van der Waals surface area contributed by atoms with Crippen molar-refractivity contribution in [3.8, 4) is 0 Å². The highest BCUT2D eigenvalue weighted by Crippen LogP contribution is 2.11. The minimum atomic E-state index is -3.43. The SMILES string of the molecule is CNS(=O)(=O)c1ccc(CNC(=O)c2ccc(I)cc2)cc1. The standard InChI is InChI=1S/C15H15IN2O3S/c1-17-22(20,21)14-8-2-11(3-9-14)10-18-15(19)12-4-6-13(16)7-5-12/h2-9,17H,10H2,1H3,(H,18,19). The molecule has 2 rings (SSSR count). The van der Waals surface area contributed by atoms with Crippen LogP contribution in [0, 0.1) is 3.57 Å². The molecule has 7 heteroatoms. The fourth-order valence-corrected chi connectivity index (χ4v) is 2.88. The van der Waals surface area contributed by atoms with Gasteiger partial charge in [0.15, 0.2) is 0 Å². The second kappa shape index (κ2) is 7.21. The first-order valence-corrected chi connectivity index (χ1v) is 9.05. The number of carbonyl (C=O) groups excluding carboxylic acids is 1. The summed E-state index contributed by atoms with van der Waals surface area (Å²) < 4.78 is 26.5. The molecule has 0 radical (unpaired) electrons. The molecule has 0 spiro atoms. The molecule has 0 saturated carbocycles. The zero-order valence-electron chi connectivity index (χ0n) is 11.8. The van der Waals surface area contributed by atoms with E-state index in [2.05, 4.69) is 32.6 Å². The number of hydrogen-bond donors (Lipinski definition) is 2. The van der Waals surface area contributed by atoms with Crippen LogP contribution < -0.4 is 10.0 Å². The Bertz CT molecular complexity index is 756. The van der Waals surface area contributed by atoms with Crippen molar-refractivity contribution in [3.63, 3.8) is 0 Å². The van der Waals surface area contributed by atoms with E-state index in [-0.39, 0.29) is 10.8 Å². The molecule has 0 saturated heterocycles. The second-order valence-corrected chi connectivity index (χ2v) is 7.67. The number of halogens is 1. The molecular formula is C15H15IN2O3S. The Morgan fingerprint density at radius 3 is 2.18 bits per heavy atom. The summed E-state index contributed by atoms with van der Waals surface area (Å²) >= 11 is 2.18.